The van der Waals surface area contributed by atoms with Crippen LogP contribution in [-0.2, 0) is 4.74 Å². The zero-order valence-electron chi connectivity index (χ0n) is 18.3. The van der Waals surface area contributed by atoms with Crippen LogP contribution in [0, 0.1) is 12.8 Å². The molecule has 0 radical (unpaired) electrons. The topological polar surface area (TPSA) is 120 Å². The average Bonchev–Trinajstić information content (AvgIpc) is 3.18. The van der Waals surface area contributed by atoms with Gasteiger partial charge in [0.05, 0.1) is 17.6 Å². The van der Waals surface area contributed by atoms with Gasteiger partial charge in [0.2, 0.25) is 5.88 Å². The Morgan fingerprint density at radius 2 is 1.90 bits per heavy atom. The second-order valence-corrected chi connectivity index (χ2v) is 8.37. The molecule has 2 saturated carbocycles. The summed E-state index contributed by atoms with van der Waals surface area (Å²) in [4.78, 5) is 22.8. The lowest BCUT2D eigenvalue weighted by molar-refractivity contribution is 0.101. The summed E-state index contributed by atoms with van der Waals surface area (Å²) >= 11 is 0. The maximum absolute atomic E-state index is 12.3. The number of carbonyl (C=O) groups excluding carboxylic acids is 1. The molecule has 0 aromatic carbocycles. The number of aromatic nitrogens is 2. The number of aryl methyl sites for hydroxylation is 1. The molecular weight excluding hydrogens is 384 g/mol. The van der Waals surface area contributed by atoms with E-state index in [0.717, 1.165) is 12.8 Å². The van der Waals surface area contributed by atoms with E-state index < -0.39 is 6.09 Å². The van der Waals surface area contributed by atoms with Crippen LogP contribution >= 0.6 is 0 Å². The van der Waals surface area contributed by atoms with Crippen molar-refractivity contribution < 1.29 is 14.3 Å². The number of rotatable bonds is 8. The molecule has 1 heterocycles. The SMILES string of the molecule is Cc1nc(/C(N)=C(\COC(=O)N(C)CC2CCC2)N(C)N)cnc1OC1CCCC1. The van der Waals surface area contributed by atoms with Gasteiger partial charge >= 0.3 is 6.09 Å². The van der Waals surface area contributed by atoms with E-state index in [9.17, 15) is 4.79 Å². The fourth-order valence-electron chi connectivity index (χ4n) is 3.77. The summed E-state index contributed by atoms with van der Waals surface area (Å²) in [5, 5.41) is 1.34. The molecule has 4 N–H and O–H groups in total. The highest BCUT2D eigenvalue weighted by Crippen LogP contribution is 2.27. The lowest BCUT2D eigenvalue weighted by Gasteiger charge is -2.30. The summed E-state index contributed by atoms with van der Waals surface area (Å²) in [7, 11) is 3.39. The van der Waals surface area contributed by atoms with Gasteiger partial charge in [-0.25, -0.2) is 20.6 Å². The zero-order chi connectivity index (χ0) is 21.7. The number of amides is 1. The summed E-state index contributed by atoms with van der Waals surface area (Å²) in [6, 6.07) is 0. The van der Waals surface area contributed by atoms with Gasteiger partial charge in [0.1, 0.15) is 24.1 Å². The van der Waals surface area contributed by atoms with Crippen molar-refractivity contribution in [3.8, 4) is 5.88 Å². The summed E-state index contributed by atoms with van der Waals surface area (Å²) in [6.45, 7) is 2.50. The standard InChI is InChI=1S/C21H34N6O3/c1-14-20(30-16-9-4-5-10-16)24-11-17(25-14)19(22)18(27(3)23)13-29-21(28)26(2)12-15-7-6-8-15/h11,15-16H,4-10,12-13,22-23H2,1-3H3/b19-18-. The van der Waals surface area contributed by atoms with Gasteiger partial charge in [-0.2, -0.15) is 0 Å². The Kier molecular flexibility index (Phi) is 7.36. The first-order chi connectivity index (χ1) is 14.3. The van der Waals surface area contributed by atoms with Crippen LogP contribution in [0.1, 0.15) is 56.3 Å². The van der Waals surface area contributed by atoms with Crippen LogP contribution in [0.25, 0.3) is 5.70 Å². The maximum atomic E-state index is 12.3. The number of hydrogen-bond acceptors (Lipinski definition) is 8. The van der Waals surface area contributed by atoms with Crippen molar-refractivity contribution in [1.82, 2.24) is 19.9 Å². The minimum atomic E-state index is -0.392. The van der Waals surface area contributed by atoms with Gasteiger partial charge in [-0.3, -0.25) is 0 Å². The number of likely N-dealkylation sites (N-methyl/N-ethyl adjacent to an activating group) is 1. The normalized spacial score (nSPS) is 17.9. The quantitative estimate of drug-likeness (QED) is 0.488. The van der Waals surface area contributed by atoms with E-state index >= 15 is 0 Å². The van der Waals surface area contributed by atoms with Crippen molar-refractivity contribution in [3.05, 3.63) is 23.3 Å². The lowest BCUT2D eigenvalue weighted by Crippen LogP contribution is -2.37. The molecule has 0 unspecified atom stereocenters. The molecule has 2 fully saturated rings. The van der Waals surface area contributed by atoms with Crippen molar-refractivity contribution in [3.63, 3.8) is 0 Å². The van der Waals surface area contributed by atoms with Crippen LogP contribution in [0.3, 0.4) is 0 Å². The Labute approximate surface area is 178 Å². The summed E-state index contributed by atoms with van der Waals surface area (Å²) in [5.41, 5.74) is 8.22. The van der Waals surface area contributed by atoms with E-state index in [4.69, 9.17) is 21.1 Å². The molecule has 0 spiro atoms. The highest BCUT2D eigenvalue weighted by Gasteiger charge is 2.23. The van der Waals surface area contributed by atoms with E-state index in [2.05, 4.69) is 9.97 Å². The van der Waals surface area contributed by atoms with E-state index in [1.54, 1.807) is 25.2 Å². The van der Waals surface area contributed by atoms with E-state index in [-0.39, 0.29) is 12.7 Å². The number of hydrogen-bond donors (Lipinski definition) is 2. The molecule has 2 aliphatic carbocycles. The number of nitrogens with zero attached hydrogens (tertiary/aromatic N) is 4. The fraction of sp³-hybridized carbons (Fsp3) is 0.667. The number of carbonyl (C=O) groups is 1. The van der Waals surface area contributed by atoms with Crippen LogP contribution in [0.2, 0.25) is 0 Å². The third-order valence-electron chi connectivity index (χ3n) is 5.90. The van der Waals surface area contributed by atoms with Crippen molar-refractivity contribution in [2.45, 2.75) is 58.0 Å². The Hall–Kier alpha value is -2.55. The molecule has 1 aromatic rings. The monoisotopic (exact) mass is 418 g/mol. The number of hydrazine groups is 1. The Balaban J connectivity index is 1.65. The van der Waals surface area contributed by atoms with Gasteiger partial charge in [-0.05, 0) is 51.4 Å². The van der Waals surface area contributed by atoms with Gasteiger partial charge < -0.3 is 25.1 Å². The molecule has 3 rings (SSSR count). The van der Waals surface area contributed by atoms with Crippen LogP contribution in [0.5, 0.6) is 5.88 Å². The van der Waals surface area contributed by atoms with Crippen LogP contribution < -0.4 is 16.3 Å². The third-order valence-corrected chi connectivity index (χ3v) is 5.90. The van der Waals surface area contributed by atoms with E-state index in [1.165, 1.54) is 37.1 Å². The largest absolute Gasteiger partial charge is 0.473 e. The van der Waals surface area contributed by atoms with Crippen molar-refractivity contribution in [2.24, 2.45) is 17.5 Å². The van der Waals surface area contributed by atoms with Gasteiger partial charge in [-0.15, -0.1) is 0 Å². The molecular formula is C21H34N6O3. The molecule has 0 atom stereocenters. The molecule has 0 aliphatic heterocycles. The molecule has 2 aliphatic rings. The highest BCUT2D eigenvalue weighted by molar-refractivity contribution is 5.68. The number of nitrogens with two attached hydrogens (primary N) is 2. The molecule has 0 bridgehead atoms. The van der Waals surface area contributed by atoms with E-state index in [1.807, 2.05) is 6.92 Å². The molecule has 166 valence electrons. The van der Waals surface area contributed by atoms with Crippen molar-refractivity contribution in [1.29, 1.82) is 0 Å². The fourth-order valence-corrected chi connectivity index (χ4v) is 3.77. The molecule has 0 saturated heterocycles. The smallest absolute Gasteiger partial charge is 0.409 e. The second-order valence-electron chi connectivity index (χ2n) is 8.37. The lowest BCUT2D eigenvalue weighted by atomic mass is 9.85. The van der Waals surface area contributed by atoms with Crippen LogP contribution in [0.15, 0.2) is 11.9 Å². The summed E-state index contributed by atoms with van der Waals surface area (Å²) in [5.74, 6) is 7.05. The van der Waals surface area contributed by atoms with Gasteiger partial charge in [0, 0.05) is 20.6 Å². The molecule has 9 heteroatoms. The molecule has 9 nitrogen and oxygen atoms in total. The summed E-state index contributed by atoms with van der Waals surface area (Å²) < 4.78 is 11.4. The zero-order valence-corrected chi connectivity index (χ0v) is 18.3. The first-order valence-corrected chi connectivity index (χ1v) is 10.7. The van der Waals surface area contributed by atoms with Crippen LogP contribution in [-0.4, -0.2) is 59.3 Å². The van der Waals surface area contributed by atoms with Crippen molar-refractivity contribution in [2.75, 3.05) is 27.2 Å². The van der Waals surface area contributed by atoms with Crippen LogP contribution in [0.4, 0.5) is 4.79 Å². The second kappa shape index (κ2) is 9.97. The highest BCUT2D eigenvalue weighted by atomic mass is 16.6. The maximum Gasteiger partial charge on any atom is 0.409 e. The molecule has 30 heavy (non-hydrogen) atoms. The van der Waals surface area contributed by atoms with Gasteiger partial charge in [0.25, 0.3) is 0 Å². The Morgan fingerprint density at radius 1 is 1.20 bits per heavy atom. The Morgan fingerprint density at radius 3 is 2.47 bits per heavy atom. The van der Waals surface area contributed by atoms with E-state index in [0.29, 0.717) is 41.1 Å². The Bertz CT molecular complexity index is 772. The predicted molar refractivity (Wildman–Crippen MR) is 114 cm³/mol. The first-order valence-electron chi connectivity index (χ1n) is 10.7. The summed E-state index contributed by atoms with van der Waals surface area (Å²) in [6.07, 6.45) is 9.42. The predicted octanol–water partition coefficient (Wildman–Crippen LogP) is 2.41. The van der Waals surface area contributed by atoms with Gasteiger partial charge in [-0.1, -0.05) is 6.42 Å². The average molecular weight is 419 g/mol. The minimum absolute atomic E-state index is 0.0479. The number of ether oxygens (including phenoxy) is 2. The third kappa shape index (κ3) is 5.53. The molecule has 1 aromatic heterocycles. The minimum Gasteiger partial charge on any atom is -0.473 e. The first kappa shape index (κ1) is 22.1. The molecule has 1 amide bonds. The van der Waals surface area contributed by atoms with Crippen molar-refractivity contribution >= 4 is 11.8 Å². The van der Waals surface area contributed by atoms with Gasteiger partial charge in [0.15, 0.2) is 0 Å².